The van der Waals surface area contributed by atoms with Gasteiger partial charge in [0.2, 0.25) is 33.5 Å². The van der Waals surface area contributed by atoms with Crippen molar-refractivity contribution in [2.24, 2.45) is 47.3 Å². The van der Waals surface area contributed by atoms with Crippen LogP contribution in [0.25, 0.3) is 20.5 Å². The predicted octanol–water partition coefficient (Wildman–Crippen LogP) is 22.9. The van der Waals surface area contributed by atoms with Crippen molar-refractivity contribution in [2.45, 2.75) is 247 Å². The summed E-state index contributed by atoms with van der Waals surface area (Å²) in [5.74, 6) is 3.33. The Labute approximate surface area is 630 Å². The number of amides is 4. The van der Waals surface area contributed by atoms with Crippen molar-refractivity contribution >= 4 is 89.0 Å². The lowest BCUT2D eigenvalue weighted by molar-refractivity contribution is -0.123. The van der Waals surface area contributed by atoms with E-state index in [1.807, 2.05) is 154 Å². The Bertz CT molecular complexity index is 3820. The van der Waals surface area contributed by atoms with Gasteiger partial charge < -0.3 is 31.1 Å². The summed E-state index contributed by atoms with van der Waals surface area (Å²) in [7, 11) is -4.06. The number of nitrogens with zero attached hydrogens (tertiary/aromatic N) is 2. The number of rotatable bonds is 42. The minimum Gasteiger partial charge on any atom is -0.356 e. The number of hydrogen-bond acceptors (Lipinski definition) is 9. The molecule has 1 aromatic heterocycles. The zero-order chi connectivity index (χ0) is 75.4. The normalized spacial score (nSPS) is 14.9. The van der Waals surface area contributed by atoms with Crippen molar-refractivity contribution in [1.29, 1.82) is 0 Å². The van der Waals surface area contributed by atoms with E-state index in [1.54, 1.807) is 6.07 Å². The van der Waals surface area contributed by atoms with Gasteiger partial charge in [0.05, 0.1) is 38.3 Å². The molecule has 104 heavy (non-hydrogen) atoms. The van der Waals surface area contributed by atoms with E-state index in [9.17, 15) is 19.2 Å². The molecule has 4 amide bonds. The Morgan fingerprint density at radius 1 is 0.337 bits per heavy atom. The van der Waals surface area contributed by atoms with Crippen LogP contribution in [0.5, 0.6) is 0 Å². The first kappa shape index (κ1) is 82.4. The van der Waals surface area contributed by atoms with Gasteiger partial charge in [0, 0.05) is 76.0 Å². The molecule has 1 aliphatic heterocycles. The van der Waals surface area contributed by atoms with E-state index in [-0.39, 0.29) is 45.3 Å². The SMILES string of the molecule is CC(C)CCC[C@H](C)CCNC(=O)[C@H](C)c1ccc(N(c2ccc([C@@H](C)C(=O)NCC[C@@H](C)CCCC(C)C)cc2)c2ccc3c(c2)S(=O)(=O)c2c-3sc3cc(N(c4ccc([C@@H](C)C(=O)NCC[C@@H](C)CCCC(C)C)cc4)c4ccc([C@@H](C)C(=O)NCC[C@@H](C)CCCC(C)C)cc4)ccc23)cc1. The third kappa shape index (κ3) is 22.9. The van der Waals surface area contributed by atoms with E-state index in [1.165, 1.54) is 62.7 Å². The van der Waals surface area contributed by atoms with Crippen molar-refractivity contribution in [1.82, 2.24) is 21.3 Å². The summed E-state index contributed by atoms with van der Waals surface area (Å²) in [6, 6.07) is 43.9. The van der Waals surface area contributed by atoms with Gasteiger partial charge in [-0.1, -0.05) is 221 Å². The molecule has 8 rings (SSSR count). The first-order valence-electron chi connectivity index (χ1n) is 39.7. The average Bonchev–Trinajstić information content (AvgIpc) is 1.55. The second kappa shape index (κ2) is 39.3. The second-order valence-corrected chi connectivity index (χ2v) is 35.5. The summed E-state index contributed by atoms with van der Waals surface area (Å²) in [5.41, 5.74) is 8.90. The van der Waals surface area contributed by atoms with Gasteiger partial charge in [-0.05, 0) is 196 Å². The van der Waals surface area contributed by atoms with Crippen LogP contribution < -0.4 is 31.1 Å². The summed E-state index contributed by atoms with van der Waals surface area (Å²) >= 11 is 1.46. The average molecular weight is 1450 g/mol. The number of carbonyl (C=O) groups is 4. The molecule has 0 saturated heterocycles. The maximum atomic E-state index is 15.4. The van der Waals surface area contributed by atoms with Crippen molar-refractivity contribution in [2.75, 3.05) is 36.0 Å². The summed E-state index contributed by atoms with van der Waals surface area (Å²) < 4.78 is 31.6. The highest BCUT2D eigenvalue weighted by Crippen LogP contribution is 2.54. The summed E-state index contributed by atoms with van der Waals surface area (Å²) in [6.45, 7) is 37.5. The highest BCUT2D eigenvalue weighted by Gasteiger charge is 2.38. The van der Waals surface area contributed by atoms with Crippen LogP contribution in [-0.2, 0) is 29.0 Å². The van der Waals surface area contributed by atoms with Gasteiger partial charge in [-0.2, -0.15) is 0 Å². The zero-order valence-electron chi connectivity index (χ0n) is 65.9. The van der Waals surface area contributed by atoms with Gasteiger partial charge in [-0.25, -0.2) is 8.42 Å². The Morgan fingerprint density at radius 3 is 0.894 bits per heavy atom. The topological polar surface area (TPSA) is 157 Å². The molecule has 0 radical (unpaired) electrons. The van der Waals surface area contributed by atoms with Gasteiger partial charge in [-0.15, -0.1) is 11.3 Å². The van der Waals surface area contributed by atoms with Crippen molar-refractivity contribution in [3.63, 3.8) is 0 Å². The molecular weight excluding hydrogens is 1330 g/mol. The van der Waals surface area contributed by atoms with Crippen LogP contribution in [-0.4, -0.2) is 58.2 Å². The maximum absolute atomic E-state index is 15.4. The molecule has 564 valence electrons. The van der Waals surface area contributed by atoms with E-state index in [4.69, 9.17) is 0 Å². The Balaban J connectivity index is 1.08. The minimum atomic E-state index is -4.06. The lowest BCUT2D eigenvalue weighted by Gasteiger charge is -2.27. The first-order valence-corrected chi connectivity index (χ1v) is 42.0. The van der Waals surface area contributed by atoms with Crippen LogP contribution in [0.1, 0.15) is 259 Å². The highest BCUT2D eigenvalue weighted by molar-refractivity contribution is 7.92. The van der Waals surface area contributed by atoms with Gasteiger partial charge in [0.1, 0.15) is 0 Å². The summed E-state index contributed by atoms with van der Waals surface area (Å²) in [6.07, 6.45) is 18.0. The van der Waals surface area contributed by atoms with E-state index in [2.05, 4.69) is 115 Å². The van der Waals surface area contributed by atoms with Crippen molar-refractivity contribution < 1.29 is 27.6 Å². The molecule has 2 heterocycles. The molecular formula is C90H126N6O6S2. The summed E-state index contributed by atoms with van der Waals surface area (Å²) in [5, 5.41) is 13.5. The molecule has 6 aromatic carbocycles. The van der Waals surface area contributed by atoms with E-state index < -0.39 is 21.7 Å². The largest absolute Gasteiger partial charge is 0.356 e. The quantitative estimate of drug-likeness (QED) is 0.0295. The number of carbonyl (C=O) groups excluding carboxylic acids is 4. The fourth-order valence-corrected chi connectivity index (χ4v) is 17.9. The highest BCUT2D eigenvalue weighted by atomic mass is 32.2. The van der Waals surface area contributed by atoms with Gasteiger partial charge in [-0.3, -0.25) is 19.2 Å². The predicted molar refractivity (Wildman–Crippen MR) is 438 cm³/mol. The number of nitrogens with one attached hydrogen (secondary N) is 4. The lowest BCUT2D eigenvalue weighted by atomic mass is 9.96. The zero-order valence-corrected chi connectivity index (χ0v) is 67.6. The summed E-state index contributed by atoms with van der Waals surface area (Å²) in [4.78, 5) is 60.0. The number of sulfone groups is 1. The fourth-order valence-electron chi connectivity index (χ4n) is 14.4. The molecule has 14 heteroatoms. The van der Waals surface area contributed by atoms with E-state index in [0.717, 1.165) is 107 Å². The van der Waals surface area contributed by atoms with Crippen LogP contribution >= 0.6 is 11.3 Å². The molecule has 0 unspecified atom stereocenters. The smallest absolute Gasteiger partial charge is 0.227 e. The lowest BCUT2D eigenvalue weighted by Crippen LogP contribution is -2.29. The van der Waals surface area contributed by atoms with Crippen LogP contribution in [0.3, 0.4) is 0 Å². The molecule has 12 nitrogen and oxygen atoms in total. The Kier molecular flexibility index (Phi) is 31.2. The maximum Gasteiger partial charge on any atom is 0.227 e. The number of anilines is 6. The third-order valence-corrected chi connectivity index (χ3v) is 24.9. The number of thiophene rings is 1. The molecule has 4 N–H and O–H groups in total. The van der Waals surface area contributed by atoms with Crippen LogP contribution in [0.2, 0.25) is 0 Å². The molecule has 7 aromatic rings. The van der Waals surface area contributed by atoms with Crippen molar-refractivity contribution in [3.05, 3.63) is 156 Å². The molecule has 0 spiro atoms. The van der Waals surface area contributed by atoms with Crippen LogP contribution in [0.15, 0.2) is 143 Å². The van der Waals surface area contributed by atoms with E-state index >= 15 is 8.42 Å². The molecule has 0 fully saturated rings. The standard InChI is InChI=1S/C90H126N6O6S2/c1-59(2)21-17-25-63(9)49-53-91-87(97)67(13)71-29-37-75(38-30-71)95(76-39-31-72(32-40-76)68(14)88(98)92-54-50-64(10)26-18-22-60(3)4)79-45-47-81-83(57-79)103-85-82-48-46-80(58-84(82)104(101,102)86(81)85)96(77-41-33-73(34-42-77)69(15)89(99)93-55-51-65(11)27-19-23-61(5)6)78-43-35-74(36-44-78)70(16)90(100)94-56-52-66(12)28-20-24-62(7)8/h29-48,57-70H,17-28,49-56H2,1-16H3,(H,91,97)(H,92,98)(H,93,99)(H,94,100)/t63-,64-,65-,66-,67+,68+,69+,70+/m0/s1. The van der Waals surface area contributed by atoms with E-state index in [0.29, 0.717) is 95.0 Å². The number of benzene rings is 6. The van der Waals surface area contributed by atoms with Crippen LogP contribution in [0.4, 0.5) is 34.1 Å². The molecule has 8 atom stereocenters. The second-order valence-electron chi connectivity index (χ2n) is 32.6. The van der Waals surface area contributed by atoms with Gasteiger partial charge in [0.25, 0.3) is 0 Å². The third-order valence-electron chi connectivity index (χ3n) is 21.7. The Morgan fingerprint density at radius 2 is 0.606 bits per heavy atom. The van der Waals surface area contributed by atoms with Gasteiger partial charge >= 0.3 is 0 Å². The molecule has 0 bridgehead atoms. The van der Waals surface area contributed by atoms with Gasteiger partial charge in [0.15, 0.2) is 0 Å². The van der Waals surface area contributed by atoms with Crippen molar-refractivity contribution in [3.8, 4) is 10.4 Å². The minimum absolute atomic E-state index is 0.00187. The number of hydrogen-bond donors (Lipinski definition) is 4. The molecule has 0 aliphatic carbocycles. The van der Waals surface area contributed by atoms with Crippen LogP contribution in [0, 0.1) is 47.3 Å². The first-order chi connectivity index (χ1) is 49.6. The fraction of sp³-hybridized carbons (Fsp3) is 0.533. The molecule has 1 aliphatic rings. The molecule has 0 saturated carbocycles. The Hall–Kier alpha value is -7.29. The number of fused-ring (bicyclic) bond motifs is 5. The monoisotopic (exact) mass is 1450 g/mol.